The Morgan fingerprint density at radius 1 is 1.25 bits per heavy atom. The van der Waals surface area contributed by atoms with E-state index >= 15 is 0 Å². The third kappa shape index (κ3) is 6.53. The van der Waals surface area contributed by atoms with Crippen molar-refractivity contribution in [3.63, 3.8) is 0 Å². The van der Waals surface area contributed by atoms with Crippen LogP contribution < -0.4 is 16.0 Å². The number of hydrogen-bond donors (Lipinski definition) is 3. The van der Waals surface area contributed by atoms with Crippen LogP contribution in [0.5, 0.6) is 0 Å². The lowest BCUT2D eigenvalue weighted by molar-refractivity contribution is -0.119. The second-order valence-electron chi connectivity index (χ2n) is 5.40. The molecule has 0 aromatic heterocycles. The highest BCUT2D eigenvalue weighted by molar-refractivity contribution is 5.97. The second kappa shape index (κ2) is 10.1. The van der Waals surface area contributed by atoms with Gasteiger partial charge in [0.05, 0.1) is 6.04 Å². The standard InChI is InChI=1S/C18H24N4O2/c1-4-15-5-7-16(8-6-15)13(2)22-18(24)17(11-19)12-20-9-10-21-14(3)23/h5-8,12-13,20H,4,9-10H2,1-3H3,(H,21,23)(H,22,24)/b17-12-. The van der Waals surface area contributed by atoms with Crippen molar-refractivity contribution < 1.29 is 9.59 Å². The van der Waals surface area contributed by atoms with Gasteiger partial charge >= 0.3 is 0 Å². The maximum absolute atomic E-state index is 12.1. The third-order valence-corrected chi connectivity index (χ3v) is 3.49. The lowest BCUT2D eigenvalue weighted by Crippen LogP contribution is -2.30. The van der Waals surface area contributed by atoms with Crippen molar-refractivity contribution in [3.05, 3.63) is 47.2 Å². The minimum Gasteiger partial charge on any atom is -0.388 e. The highest BCUT2D eigenvalue weighted by Gasteiger charge is 2.13. The van der Waals surface area contributed by atoms with E-state index in [9.17, 15) is 9.59 Å². The number of carbonyl (C=O) groups excluding carboxylic acids is 2. The summed E-state index contributed by atoms with van der Waals surface area (Å²) in [4.78, 5) is 22.9. The lowest BCUT2D eigenvalue weighted by Gasteiger charge is -2.14. The molecule has 1 atom stereocenters. The minimum atomic E-state index is -0.434. The molecule has 0 aliphatic heterocycles. The van der Waals surface area contributed by atoms with E-state index < -0.39 is 5.91 Å². The highest BCUT2D eigenvalue weighted by Crippen LogP contribution is 2.14. The zero-order chi connectivity index (χ0) is 17.9. The zero-order valence-corrected chi connectivity index (χ0v) is 14.3. The molecule has 0 aliphatic carbocycles. The van der Waals surface area contributed by atoms with Crippen LogP contribution in [0.2, 0.25) is 0 Å². The van der Waals surface area contributed by atoms with Crippen LogP contribution in [-0.2, 0) is 16.0 Å². The molecule has 1 aromatic carbocycles. The quantitative estimate of drug-likeness (QED) is 0.383. The Labute approximate surface area is 142 Å². The van der Waals surface area contributed by atoms with E-state index in [-0.39, 0.29) is 17.5 Å². The number of rotatable bonds is 8. The van der Waals surface area contributed by atoms with Gasteiger partial charge in [-0.2, -0.15) is 5.26 Å². The van der Waals surface area contributed by atoms with Gasteiger partial charge in [-0.3, -0.25) is 9.59 Å². The van der Waals surface area contributed by atoms with Crippen LogP contribution in [0.15, 0.2) is 36.0 Å². The molecule has 0 heterocycles. The molecule has 0 fully saturated rings. The Balaban J connectivity index is 2.56. The van der Waals surface area contributed by atoms with Crippen molar-refractivity contribution >= 4 is 11.8 Å². The molecule has 2 amide bonds. The summed E-state index contributed by atoms with van der Waals surface area (Å²) in [7, 11) is 0. The van der Waals surface area contributed by atoms with Gasteiger partial charge in [-0.15, -0.1) is 0 Å². The van der Waals surface area contributed by atoms with Crippen molar-refractivity contribution in [2.75, 3.05) is 13.1 Å². The summed E-state index contributed by atoms with van der Waals surface area (Å²) in [5, 5.41) is 17.4. The summed E-state index contributed by atoms with van der Waals surface area (Å²) in [6.45, 7) is 6.25. The van der Waals surface area contributed by atoms with Gasteiger partial charge in [0.2, 0.25) is 5.91 Å². The van der Waals surface area contributed by atoms with Crippen LogP contribution in [0, 0.1) is 11.3 Å². The van der Waals surface area contributed by atoms with E-state index in [1.807, 2.05) is 37.3 Å². The van der Waals surface area contributed by atoms with E-state index in [1.54, 1.807) is 0 Å². The number of aryl methyl sites for hydroxylation is 1. The molecule has 0 spiro atoms. The second-order valence-corrected chi connectivity index (χ2v) is 5.40. The molecule has 24 heavy (non-hydrogen) atoms. The predicted octanol–water partition coefficient (Wildman–Crippen LogP) is 1.56. The summed E-state index contributed by atoms with van der Waals surface area (Å²) >= 11 is 0. The molecule has 1 unspecified atom stereocenters. The monoisotopic (exact) mass is 328 g/mol. The molecule has 0 radical (unpaired) electrons. The van der Waals surface area contributed by atoms with Crippen LogP contribution in [0.3, 0.4) is 0 Å². The van der Waals surface area contributed by atoms with Crippen LogP contribution >= 0.6 is 0 Å². The fourth-order valence-electron chi connectivity index (χ4n) is 2.03. The van der Waals surface area contributed by atoms with E-state index in [0.717, 1.165) is 12.0 Å². The fraction of sp³-hybridized carbons (Fsp3) is 0.389. The lowest BCUT2D eigenvalue weighted by atomic mass is 10.0. The average Bonchev–Trinajstić information content (AvgIpc) is 2.57. The number of benzene rings is 1. The first-order chi connectivity index (χ1) is 11.5. The Morgan fingerprint density at radius 2 is 1.92 bits per heavy atom. The summed E-state index contributed by atoms with van der Waals surface area (Å²) in [6.07, 6.45) is 2.33. The third-order valence-electron chi connectivity index (χ3n) is 3.49. The van der Waals surface area contributed by atoms with Crippen molar-refractivity contribution in [1.82, 2.24) is 16.0 Å². The molecule has 3 N–H and O–H groups in total. The van der Waals surface area contributed by atoms with E-state index in [2.05, 4.69) is 22.9 Å². The molecular formula is C18H24N4O2. The molecule has 0 saturated carbocycles. The van der Waals surface area contributed by atoms with E-state index in [0.29, 0.717) is 13.1 Å². The molecule has 0 aliphatic rings. The number of carbonyl (C=O) groups is 2. The molecule has 0 saturated heterocycles. The largest absolute Gasteiger partial charge is 0.388 e. The van der Waals surface area contributed by atoms with Gasteiger partial charge in [-0.1, -0.05) is 31.2 Å². The topological polar surface area (TPSA) is 94.0 Å². The first-order valence-electron chi connectivity index (χ1n) is 7.95. The Morgan fingerprint density at radius 3 is 2.46 bits per heavy atom. The van der Waals surface area contributed by atoms with Gasteiger partial charge in [-0.05, 0) is 24.5 Å². The first kappa shape index (κ1) is 19.2. The molecule has 1 rings (SSSR count). The summed E-state index contributed by atoms with van der Waals surface area (Å²) in [5.74, 6) is -0.557. The van der Waals surface area contributed by atoms with Crippen molar-refractivity contribution in [2.45, 2.75) is 33.2 Å². The number of amides is 2. The molecule has 6 heteroatoms. The van der Waals surface area contributed by atoms with Crippen LogP contribution in [0.25, 0.3) is 0 Å². The average molecular weight is 328 g/mol. The molecule has 6 nitrogen and oxygen atoms in total. The SMILES string of the molecule is CCc1ccc(C(C)NC(=O)/C(C#N)=C\NCCNC(C)=O)cc1. The zero-order valence-electron chi connectivity index (χ0n) is 14.3. The van der Waals surface area contributed by atoms with Gasteiger partial charge in [0.15, 0.2) is 0 Å². The van der Waals surface area contributed by atoms with Gasteiger partial charge in [-0.25, -0.2) is 0 Å². The Kier molecular flexibility index (Phi) is 8.06. The molecule has 0 bridgehead atoms. The van der Waals surface area contributed by atoms with Crippen LogP contribution in [0.1, 0.15) is 37.9 Å². The first-order valence-corrected chi connectivity index (χ1v) is 7.95. The normalized spacial score (nSPS) is 12.0. The van der Waals surface area contributed by atoms with Gasteiger partial charge in [0.25, 0.3) is 5.91 Å². The number of hydrogen-bond acceptors (Lipinski definition) is 4. The molecule has 128 valence electrons. The minimum absolute atomic E-state index is 0.00477. The van der Waals surface area contributed by atoms with Gasteiger partial charge in [0.1, 0.15) is 11.6 Å². The van der Waals surface area contributed by atoms with Gasteiger partial charge in [0, 0.05) is 26.2 Å². The van der Waals surface area contributed by atoms with Gasteiger partial charge < -0.3 is 16.0 Å². The number of nitrogens with zero attached hydrogens (tertiary/aromatic N) is 1. The Bertz CT molecular complexity index is 629. The van der Waals surface area contributed by atoms with Crippen molar-refractivity contribution in [3.8, 4) is 6.07 Å². The molecule has 1 aromatic rings. The highest BCUT2D eigenvalue weighted by atomic mass is 16.2. The summed E-state index contributed by atoms with van der Waals surface area (Å²) in [5.41, 5.74) is 2.21. The fourth-order valence-corrected chi connectivity index (χ4v) is 2.03. The van der Waals surface area contributed by atoms with Crippen LogP contribution in [0.4, 0.5) is 0 Å². The van der Waals surface area contributed by atoms with Crippen molar-refractivity contribution in [1.29, 1.82) is 5.26 Å². The smallest absolute Gasteiger partial charge is 0.263 e. The summed E-state index contributed by atoms with van der Waals surface area (Å²) < 4.78 is 0. The maximum atomic E-state index is 12.1. The van der Waals surface area contributed by atoms with E-state index in [4.69, 9.17) is 5.26 Å². The number of nitriles is 1. The van der Waals surface area contributed by atoms with Crippen molar-refractivity contribution in [2.24, 2.45) is 0 Å². The summed E-state index contributed by atoms with van der Waals surface area (Å²) in [6, 6.07) is 9.70. The number of nitrogens with one attached hydrogen (secondary N) is 3. The molecular weight excluding hydrogens is 304 g/mol. The predicted molar refractivity (Wildman–Crippen MR) is 92.8 cm³/mol. The Hall–Kier alpha value is -2.81. The maximum Gasteiger partial charge on any atom is 0.263 e. The van der Waals surface area contributed by atoms with Crippen LogP contribution in [-0.4, -0.2) is 24.9 Å². The van der Waals surface area contributed by atoms with E-state index in [1.165, 1.54) is 18.7 Å².